The number of carbonyl (C=O) groups is 3. The molecule has 0 aromatic rings. The molecule has 3 N–H and O–H groups in total. The second kappa shape index (κ2) is 20.5. The van der Waals surface area contributed by atoms with E-state index in [4.69, 9.17) is 5.73 Å². The van der Waals surface area contributed by atoms with Gasteiger partial charge in [-0.1, -0.05) is 71.1 Å². The molecule has 1 amide bonds. The van der Waals surface area contributed by atoms with E-state index >= 15 is 0 Å². The molecule has 0 bridgehead atoms. The summed E-state index contributed by atoms with van der Waals surface area (Å²) in [7, 11) is 0. The Morgan fingerprint density at radius 1 is 0.840 bits per heavy atom. The SMILES string of the molecule is CCCCCCCCCCCCCC(=O)NCC(=O)OC(=O)CN.[H-].[K+]. The Labute approximate surface area is 196 Å². The molecule has 0 aliphatic carbocycles. The molecule has 7 heteroatoms. The normalized spacial score (nSPS) is 10.0. The van der Waals surface area contributed by atoms with E-state index in [0.29, 0.717) is 6.42 Å². The maximum Gasteiger partial charge on any atom is 1.00 e. The summed E-state index contributed by atoms with van der Waals surface area (Å²) >= 11 is 0. The summed E-state index contributed by atoms with van der Waals surface area (Å²) in [6.07, 6.45) is 13.9. The summed E-state index contributed by atoms with van der Waals surface area (Å²) in [4.78, 5) is 33.5. The predicted octanol–water partition coefficient (Wildman–Crippen LogP) is -0.0513. The third-order valence-corrected chi connectivity index (χ3v) is 3.83. The van der Waals surface area contributed by atoms with Gasteiger partial charge >= 0.3 is 63.3 Å². The van der Waals surface area contributed by atoms with E-state index in [2.05, 4.69) is 17.0 Å². The standard InChI is InChI=1S/C18H34N2O4.K.H/c1-2-3-4-5-6-7-8-9-10-11-12-13-16(21)20-15-18(23)24-17(22)14-19;;/h2-15,19H2,1H3,(H,20,21);;/q;+1;-1. The zero-order valence-corrected chi connectivity index (χ0v) is 19.2. The van der Waals surface area contributed by atoms with Crippen molar-refractivity contribution in [3.05, 3.63) is 0 Å². The first-order valence-electron chi connectivity index (χ1n) is 9.30. The summed E-state index contributed by atoms with van der Waals surface area (Å²) in [5, 5.41) is 2.44. The second-order valence-corrected chi connectivity index (χ2v) is 6.11. The molecule has 0 radical (unpaired) electrons. The van der Waals surface area contributed by atoms with Crippen LogP contribution in [0.15, 0.2) is 0 Å². The zero-order valence-electron chi connectivity index (χ0n) is 17.1. The summed E-state index contributed by atoms with van der Waals surface area (Å²) in [5.74, 6) is -1.76. The first-order valence-corrected chi connectivity index (χ1v) is 9.30. The fourth-order valence-electron chi connectivity index (χ4n) is 2.41. The molecule has 6 nitrogen and oxygen atoms in total. The molecule has 0 heterocycles. The maximum absolute atomic E-state index is 11.5. The average Bonchev–Trinajstić information content (AvgIpc) is 2.57. The molecule has 0 fully saturated rings. The molecular formula is C18H35KN2O4. The van der Waals surface area contributed by atoms with Crippen LogP contribution >= 0.6 is 0 Å². The number of nitrogens with two attached hydrogens (primary N) is 1. The monoisotopic (exact) mass is 382 g/mol. The Morgan fingerprint density at radius 2 is 1.32 bits per heavy atom. The van der Waals surface area contributed by atoms with E-state index in [0.717, 1.165) is 19.3 Å². The van der Waals surface area contributed by atoms with Crippen LogP contribution in [0, 0.1) is 0 Å². The van der Waals surface area contributed by atoms with Crippen LogP contribution in [-0.4, -0.2) is 30.9 Å². The number of ether oxygens (including phenoxy) is 1. The van der Waals surface area contributed by atoms with Crippen molar-refractivity contribution in [1.82, 2.24) is 5.32 Å². The Morgan fingerprint density at radius 3 is 1.80 bits per heavy atom. The number of rotatable bonds is 15. The van der Waals surface area contributed by atoms with E-state index in [1.165, 1.54) is 51.4 Å². The van der Waals surface area contributed by atoms with Gasteiger partial charge in [-0.05, 0) is 6.42 Å². The number of amides is 1. The van der Waals surface area contributed by atoms with Crippen molar-refractivity contribution >= 4 is 17.8 Å². The number of nitrogens with one attached hydrogen (secondary N) is 1. The van der Waals surface area contributed by atoms with Gasteiger partial charge in [-0.2, -0.15) is 0 Å². The molecule has 0 saturated heterocycles. The molecule has 25 heavy (non-hydrogen) atoms. The Kier molecular flexibility index (Phi) is 22.5. The predicted molar refractivity (Wildman–Crippen MR) is 95.4 cm³/mol. The fourth-order valence-corrected chi connectivity index (χ4v) is 2.41. The van der Waals surface area contributed by atoms with Gasteiger partial charge < -0.3 is 17.2 Å². The van der Waals surface area contributed by atoms with Crippen LogP contribution in [0.3, 0.4) is 0 Å². The van der Waals surface area contributed by atoms with E-state index in [-0.39, 0.29) is 71.8 Å². The number of esters is 2. The Hall–Kier alpha value is 0.206. The van der Waals surface area contributed by atoms with Gasteiger partial charge in [0.05, 0.1) is 6.54 Å². The first-order chi connectivity index (χ1) is 11.6. The minimum atomic E-state index is -0.792. The van der Waals surface area contributed by atoms with Crippen LogP contribution in [0.25, 0.3) is 0 Å². The van der Waals surface area contributed by atoms with E-state index in [1.54, 1.807) is 0 Å². The molecule has 142 valence electrons. The molecule has 0 aromatic heterocycles. The number of carbonyl (C=O) groups excluding carboxylic acids is 3. The van der Waals surface area contributed by atoms with Crippen molar-refractivity contribution in [2.45, 2.75) is 84.0 Å². The van der Waals surface area contributed by atoms with Crippen molar-refractivity contribution in [3.8, 4) is 0 Å². The largest absolute Gasteiger partial charge is 1.00 e. The summed E-state index contributed by atoms with van der Waals surface area (Å²) in [6.45, 7) is 1.59. The average molecular weight is 383 g/mol. The third-order valence-electron chi connectivity index (χ3n) is 3.83. The molecule has 0 aromatic carbocycles. The number of hydrogen-bond acceptors (Lipinski definition) is 5. The van der Waals surface area contributed by atoms with Gasteiger partial charge in [0.25, 0.3) is 0 Å². The van der Waals surface area contributed by atoms with Crippen LogP contribution in [0.2, 0.25) is 0 Å². The fraction of sp³-hybridized carbons (Fsp3) is 0.833. The van der Waals surface area contributed by atoms with Crippen molar-refractivity contribution in [2.75, 3.05) is 13.1 Å². The summed E-state index contributed by atoms with van der Waals surface area (Å²) in [5.41, 5.74) is 5.01. The van der Waals surface area contributed by atoms with Gasteiger partial charge in [-0.3, -0.25) is 9.59 Å². The third kappa shape index (κ3) is 20.4. The van der Waals surface area contributed by atoms with E-state index in [9.17, 15) is 14.4 Å². The summed E-state index contributed by atoms with van der Waals surface area (Å²) in [6, 6.07) is 0. The van der Waals surface area contributed by atoms with Crippen LogP contribution in [-0.2, 0) is 19.1 Å². The Balaban J connectivity index is -0.00000264. The quantitative estimate of drug-likeness (QED) is 0.179. The zero-order chi connectivity index (χ0) is 18.0. The molecular weight excluding hydrogens is 347 g/mol. The minimum absolute atomic E-state index is 0. The van der Waals surface area contributed by atoms with Crippen LogP contribution in [0.1, 0.15) is 85.4 Å². The van der Waals surface area contributed by atoms with Crippen molar-refractivity contribution in [1.29, 1.82) is 0 Å². The van der Waals surface area contributed by atoms with Crippen LogP contribution in [0.4, 0.5) is 0 Å². The van der Waals surface area contributed by atoms with Crippen LogP contribution < -0.4 is 62.4 Å². The smallest absolute Gasteiger partial charge is 1.00 e. The number of unbranched alkanes of at least 4 members (excludes halogenated alkanes) is 10. The van der Waals surface area contributed by atoms with Gasteiger partial charge in [-0.15, -0.1) is 0 Å². The van der Waals surface area contributed by atoms with Crippen molar-refractivity contribution in [2.24, 2.45) is 5.73 Å². The Bertz CT molecular complexity index is 371. The minimum Gasteiger partial charge on any atom is -1.00 e. The van der Waals surface area contributed by atoms with Gasteiger partial charge in [-0.25, -0.2) is 4.79 Å². The van der Waals surface area contributed by atoms with Crippen molar-refractivity contribution < 1.29 is 71.9 Å². The van der Waals surface area contributed by atoms with E-state index < -0.39 is 11.9 Å². The number of hydrogen-bond donors (Lipinski definition) is 2. The molecule has 0 aliphatic rings. The summed E-state index contributed by atoms with van der Waals surface area (Å²) < 4.78 is 4.34. The molecule has 0 aliphatic heterocycles. The molecule has 0 rings (SSSR count). The topological polar surface area (TPSA) is 98.5 Å². The van der Waals surface area contributed by atoms with Crippen molar-refractivity contribution in [3.63, 3.8) is 0 Å². The molecule has 0 atom stereocenters. The van der Waals surface area contributed by atoms with Gasteiger partial charge in [0.2, 0.25) is 5.91 Å². The van der Waals surface area contributed by atoms with Gasteiger partial charge in [0, 0.05) is 6.42 Å². The maximum atomic E-state index is 11.5. The first kappa shape index (κ1) is 27.4. The molecule has 0 spiro atoms. The van der Waals surface area contributed by atoms with E-state index in [1.807, 2.05) is 0 Å². The van der Waals surface area contributed by atoms with Gasteiger partial charge in [0.1, 0.15) is 6.54 Å². The van der Waals surface area contributed by atoms with Gasteiger partial charge in [0.15, 0.2) is 0 Å². The molecule has 0 saturated carbocycles. The molecule has 0 unspecified atom stereocenters. The van der Waals surface area contributed by atoms with Crippen LogP contribution in [0.5, 0.6) is 0 Å². The second-order valence-electron chi connectivity index (χ2n) is 6.11.